The predicted molar refractivity (Wildman–Crippen MR) is 97.3 cm³/mol. The van der Waals surface area contributed by atoms with Gasteiger partial charge in [-0.1, -0.05) is 20.8 Å². The molecule has 1 aromatic rings. The van der Waals surface area contributed by atoms with Gasteiger partial charge in [-0.15, -0.1) is 0 Å². The molecule has 1 N–H and O–H groups in total. The number of Topliss-reactive ketones (excluding diaryl/α,β-unsaturated/α-hetero) is 1. The molecule has 0 bridgehead atoms. The fourth-order valence-electron chi connectivity index (χ4n) is 2.64. The molecule has 3 atom stereocenters. The van der Waals surface area contributed by atoms with Crippen LogP contribution in [0.4, 0.5) is 0 Å². The summed E-state index contributed by atoms with van der Waals surface area (Å²) in [6.07, 6.45) is 0.118. The van der Waals surface area contributed by atoms with Gasteiger partial charge in [-0.25, -0.2) is 4.79 Å². The van der Waals surface area contributed by atoms with Crippen molar-refractivity contribution in [1.29, 1.82) is 0 Å². The maximum absolute atomic E-state index is 12.1. The lowest BCUT2D eigenvalue weighted by Gasteiger charge is -2.39. The van der Waals surface area contributed by atoms with Crippen LogP contribution in [0.3, 0.4) is 0 Å². The highest BCUT2D eigenvalue weighted by Gasteiger charge is 2.46. The summed E-state index contributed by atoms with van der Waals surface area (Å²) in [5.74, 6) is -0.125. The minimum Gasteiger partial charge on any atom is -0.411 e. The van der Waals surface area contributed by atoms with E-state index in [0.29, 0.717) is 12.0 Å². The smallest absolute Gasteiger partial charge is 0.330 e. The van der Waals surface area contributed by atoms with Crippen molar-refractivity contribution in [3.8, 4) is 0 Å². The van der Waals surface area contributed by atoms with Gasteiger partial charge in [0.25, 0.3) is 5.56 Å². The van der Waals surface area contributed by atoms with E-state index in [4.69, 9.17) is 9.16 Å². The Morgan fingerprint density at radius 1 is 1.36 bits per heavy atom. The summed E-state index contributed by atoms with van der Waals surface area (Å²) >= 11 is 0. The summed E-state index contributed by atoms with van der Waals surface area (Å²) in [6, 6.07) is 0. The highest BCUT2D eigenvalue weighted by atomic mass is 28.4. The Labute approximate surface area is 148 Å². The first-order valence-electron chi connectivity index (χ1n) is 8.49. The summed E-state index contributed by atoms with van der Waals surface area (Å²) < 4.78 is 13.6. The van der Waals surface area contributed by atoms with Gasteiger partial charge in [0.1, 0.15) is 12.3 Å². The van der Waals surface area contributed by atoms with E-state index in [2.05, 4.69) is 38.8 Å². The van der Waals surface area contributed by atoms with Crippen molar-refractivity contribution in [2.24, 2.45) is 0 Å². The fraction of sp³-hybridized carbons (Fsp3) is 0.706. The molecule has 1 aliphatic heterocycles. The first-order chi connectivity index (χ1) is 11.3. The lowest BCUT2D eigenvalue weighted by Crippen LogP contribution is -2.47. The Kier molecular flexibility index (Phi) is 5.28. The fourth-order valence-corrected chi connectivity index (χ4v) is 3.97. The molecular weight excluding hydrogens is 340 g/mol. The summed E-state index contributed by atoms with van der Waals surface area (Å²) in [6.45, 7) is 13.7. The summed E-state index contributed by atoms with van der Waals surface area (Å²) in [7, 11) is -2.10. The number of hydrogen-bond donors (Lipinski definition) is 1. The Hall–Kier alpha value is -1.51. The number of H-pyrrole nitrogens is 1. The molecule has 7 nitrogen and oxygen atoms in total. The summed E-state index contributed by atoms with van der Waals surface area (Å²) in [4.78, 5) is 38.0. The van der Waals surface area contributed by atoms with Crippen molar-refractivity contribution in [3.05, 3.63) is 32.6 Å². The number of nitrogens with one attached hydrogen (secondary N) is 1. The van der Waals surface area contributed by atoms with Gasteiger partial charge in [-0.3, -0.25) is 19.1 Å². The van der Waals surface area contributed by atoms with Crippen LogP contribution in [0.25, 0.3) is 0 Å². The number of aromatic amines is 1. The molecule has 1 fully saturated rings. The normalized spacial score (nSPS) is 24.5. The molecule has 0 unspecified atom stereocenters. The highest BCUT2D eigenvalue weighted by molar-refractivity contribution is 6.74. The molecule has 1 aliphatic rings. The van der Waals surface area contributed by atoms with Crippen molar-refractivity contribution >= 4 is 14.1 Å². The number of ether oxygens (including phenoxy) is 1. The Morgan fingerprint density at radius 2 is 1.96 bits per heavy atom. The summed E-state index contributed by atoms with van der Waals surface area (Å²) in [5, 5.41) is -0.00215. The topological polar surface area (TPSA) is 90.4 Å². The molecule has 0 spiro atoms. The average molecular weight is 369 g/mol. The van der Waals surface area contributed by atoms with Gasteiger partial charge in [-0.05, 0) is 32.0 Å². The van der Waals surface area contributed by atoms with Crippen molar-refractivity contribution < 1.29 is 14.0 Å². The van der Waals surface area contributed by atoms with Gasteiger partial charge >= 0.3 is 5.69 Å². The molecule has 1 aromatic heterocycles. The third-order valence-electron chi connectivity index (χ3n) is 5.18. The number of nitrogens with zero attached hydrogens (tertiary/aromatic N) is 1. The second-order valence-electron chi connectivity index (χ2n) is 8.25. The van der Waals surface area contributed by atoms with E-state index in [0.717, 1.165) is 0 Å². The van der Waals surface area contributed by atoms with Crippen LogP contribution in [0.5, 0.6) is 0 Å². The van der Waals surface area contributed by atoms with Gasteiger partial charge in [-0.2, -0.15) is 0 Å². The van der Waals surface area contributed by atoms with Crippen LogP contribution in [0.1, 0.15) is 45.9 Å². The first kappa shape index (κ1) is 19.8. The SMILES string of the molecule is CC(=O)[C@H]1O[C@@H](n2cc(C)c(=O)[nH]c2=O)C[C@H]1O[Si](C)(C)C(C)(C)C. The minimum atomic E-state index is -2.10. The molecule has 8 heteroatoms. The number of hydrogen-bond acceptors (Lipinski definition) is 5. The molecular formula is C17H28N2O5Si. The van der Waals surface area contributed by atoms with Crippen molar-refractivity contribution in [1.82, 2.24) is 9.55 Å². The molecule has 0 amide bonds. The zero-order valence-electron chi connectivity index (χ0n) is 16.0. The molecule has 2 rings (SSSR count). The van der Waals surface area contributed by atoms with E-state index < -0.39 is 38.0 Å². The quantitative estimate of drug-likeness (QED) is 0.822. The number of carbonyl (C=O) groups excluding carboxylic acids is 1. The molecule has 140 valence electrons. The van der Waals surface area contributed by atoms with Crippen LogP contribution >= 0.6 is 0 Å². The monoisotopic (exact) mass is 368 g/mol. The molecule has 0 saturated carbocycles. The molecule has 0 aromatic carbocycles. The molecule has 1 saturated heterocycles. The van der Waals surface area contributed by atoms with Crippen LogP contribution in [-0.4, -0.2) is 35.9 Å². The lowest BCUT2D eigenvalue weighted by atomic mass is 10.1. The van der Waals surface area contributed by atoms with E-state index in [1.165, 1.54) is 17.7 Å². The van der Waals surface area contributed by atoms with E-state index in [9.17, 15) is 14.4 Å². The second-order valence-corrected chi connectivity index (χ2v) is 13.0. The number of aryl methyl sites for hydroxylation is 1. The maximum atomic E-state index is 12.1. The van der Waals surface area contributed by atoms with Crippen LogP contribution < -0.4 is 11.2 Å². The number of rotatable bonds is 4. The van der Waals surface area contributed by atoms with Crippen molar-refractivity contribution in [3.63, 3.8) is 0 Å². The molecule has 2 heterocycles. The number of aromatic nitrogens is 2. The van der Waals surface area contributed by atoms with Gasteiger partial charge < -0.3 is 9.16 Å². The maximum Gasteiger partial charge on any atom is 0.330 e. The number of ketones is 1. The van der Waals surface area contributed by atoms with Crippen LogP contribution in [0.2, 0.25) is 18.1 Å². The van der Waals surface area contributed by atoms with Gasteiger partial charge in [0, 0.05) is 18.2 Å². The second kappa shape index (κ2) is 6.66. The van der Waals surface area contributed by atoms with Crippen LogP contribution in [0, 0.1) is 6.92 Å². The van der Waals surface area contributed by atoms with Crippen LogP contribution in [0.15, 0.2) is 15.8 Å². The standard InChI is InChI=1S/C17H28N2O5Si/c1-10-9-19(16(22)18-15(10)21)13-8-12(14(23-13)11(2)20)24-25(6,7)17(3,4)5/h9,12-14H,8H2,1-7H3,(H,18,21,22)/t12-,13-,14-/m1/s1. The van der Waals surface area contributed by atoms with Crippen molar-refractivity contribution in [2.75, 3.05) is 0 Å². The van der Waals surface area contributed by atoms with Gasteiger partial charge in [0.2, 0.25) is 0 Å². The largest absolute Gasteiger partial charge is 0.411 e. The summed E-state index contributed by atoms with van der Waals surface area (Å²) in [5.41, 5.74) is -0.552. The van der Waals surface area contributed by atoms with E-state index in [1.807, 2.05) is 0 Å². The third-order valence-corrected chi connectivity index (χ3v) is 9.69. The number of carbonyl (C=O) groups is 1. The minimum absolute atomic E-state index is 0.00215. The van der Waals surface area contributed by atoms with E-state index >= 15 is 0 Å². The average Bonchev–Trinajstić information content (AvgIpc) is 2.84. The lowest BCUT2D eigenvalue weighted by molar-refractivity contribution is -0.132. The zero-order valence-corrected chi connectivity index (χ0v) is 17.0. The molecule has 0 aliphatic carbocycles. The molecule has 0 radical (unpaired) electrons. The Bertz CT molecular complexity index is 774. The highest BCUT2D eigenvalue weighted by Crippen LogP contribution is 2.41. The molecule has 25 heavy (non-hydrogen) atoms. The van der Waals surface area contributed by atoms with E-state index in [-0.39, 0.29) is 10.8 Å². The third kappa shape index (κ3) is 4.01. The van der Waals surface area contributed by atoms with Crippen molar-refractivity contribution in [2.45, 2.75) is 77.6 Å². The van der Waals surface area contributed by atoms with Gasteiger partial charge in [0.15, 0.2) is 14.1 Å². The van der Waals surface area contributed by atoms with Crippen LogP contribution in [-0.2, 0) is 14.0 Å². The zero-order chi connectivity index (χ0) is 19.2. The van der Waals surface area contributed by atoms with Gasteiger partial charge in [0.05, 0.1) is 6.10 Å². The Morgan fingerprint density at radius 3 is 2.48 bits per heavy atom. The van der Waals surface area contributed by atoms with E-state index in [1.54, 1.807) is 6.92 Å². The first-order valence-corrected chi connectivity index (χ1v) is 11.4. The predicted octanol–water partition coefficient (Wildman–Crippen LogP) is 2.11. The Balaban J connectivity index is 2.32.